The van der Waals surface area contributed by atoms with Crippen LogP contribution in [-0.2, 0) is 9.47 Å². The van der Waals surface area contributed by atoms with Gasteiger partial charge in [0.1, 0.15) is 0 Å². The van der Waals surface area contributed by atoms with Gasteiger partial charge in [0.15, 0.2) is 0 Å². The zero-order valence-electron chi connectivity index (χ0n) is 12.7. The van der Waals surface area contributed by atoms with Crippen molar-refractivity contribution in [2.45, 2.75) is 83.1 Å². The largest absolute Gasteiger partial charge is 0.378 e. The third-order valence-electron chi connectivity index (χ3n) is 5.34. The third kappa shape index (κ3) is 3.14. The summed E-state index contributed by atoms with van der Waals surface area (Å²) in [5.41, 5.74) is 0.381. The van der Waals surface area contributed by atoms with Gasteiger partial charge in [-0.2, -0.15) is 0 Å². The molecular formula is C16H29NO2. The molecule has 1 saturated carbocycles. The first-order chi connectivity index (χ1) is 8.99. The molecule has 1 aliphatic carbocycles. The molecule has 0 spiro atoms. The Morgan fingerprint density at radius 1 is 1.16 bits per heavy atom. The minimum absolute atomic E-state index is 0.0818. The van der Waals surface area contributed by atoms with Gasteiger partial charge in [0.2, 0.25) is 0 Å². The van der Waals surface area contributed by atoms with Crippen LogP contribution < -0.4 is 5.32 Å². The van der Waals surface area contributed by atoms with E-state index in [4.69, 9.17) is 9.47 Å². The number of nitrogens with one attached hydrogen (secondary N) is 1. The van der Waals surface area contributed by atoms with Crippen molar-refractivity contribution in [3.8, 4) is 0 Å². The van der Waals surface area contributed by atoms with Gasteiger partial charge in [0.05, 0.1) is 17.8 Å². The molecule has 2 saturated heterocycles. The molecule has 110 valence electrons. The zero-order chi connectivity index (χ0) is 13.5. The van der Waals surface area contributed by atoms with Crippen LogP contribution in [-0.4, -0.2) is 37.0 Å². The molecular weight excluding hydrogens is 238 g/mol. The Kier molecular flexibility index (Phi) is 3.65. The number of rotatable bonds is 5. The fraction of sp³-hybridized carbons (Fsp3) is 1.00. The van der Waals surface area contributed by atoms with Gasteiger partial charge in [-0.05, 0) is 59.3 Å². The lowest BCUT2D eigenvalue weighted by atomic mass is 9.76. The van der Waals surface area contributed by atoms with Crippen LogP contribution in [0.15, 0.2) is 0 Å². The lowest BCUT2D eigenvalue weighted by Gasteiger charge is -2.35. The van der Waals surface area contributed by atoms with E-state index < -0.39 is 0 Å². The molecule has 0 radical (unpaired) electrons. The molecule has 0 amide bonds. The molecule has 3 rings (SSSR count). The summed E-state index contributed by atoms with van der Waals surface area (Å²) < 4.78 is 12.1. The summed E-state index contributed by atoms with van der Waals surface area (Å²) in [6.45, 7) is 8.72. The number of hydrogen-bond donors (Lipinski definition) is 1. The highest BCUT2D eigenvalue weighted by Gasteiger charge is 2.46. The van der Waals surface area contributed by atoms with Gasteiger partial charge in [-0.1, -0.05) is 0 Å². The second kappa shape index (κ2) is 5.01. The molecule has 3 nitrogen and oxygen atoms in total. The molecule has 1 N–H and O–H groups in total. The Bertz CT molecular complexity index is 327. The van der Waals surface area contributed by atoms with Crippen molar-refractivity contribution in [2.75, 3.05) is 13.2 Å². The standard InChI is InChI=1S/C16H29NO2/c1-12-16(8-9-18-12,11-17-13-4-5-13)10-14-6-7-15(2,3)19-14/h12-14,17H,4-11H2,1-3H3. The van der Waals surface area contributed by atoms with Crippen molar-refractivity contribution in [3.05, 3.63) is 0 Å². The molecule has 0 aromatic rings. The van der Waals surface area contributed by atoms with E-state index in [-0.39, 0.29) is 5.60 Å². The van der Waals surface area contributed by atoms with Gasteiger partial charge in [0, 0.05) is 24.6 Å². The van der Waals surface area contributed by atoms with Crippen molar-refractivity contribution >= 4 is 0 Å². The van der Waals surface area contributed by atoms with Crippen LogP contribution >= 0.6 is 0 Å². The Morgan fingerprint density at radius 2 is 1.95 bits per heavy atom. The van der Waals surface area contributed by atoms with Crippen LogP contribution in [0.4, 0.5) is 0 Å². The molecule has 19 heavy (non-hydrogen) atoms. The zero-order valence-corrected chi connectivity index (χ0v) is 12.7. The van der Waals surface area contributed by atoms with Crippen molar-refractivity contribution in [1.82, 2.24) is 5.32 Å². The Balaban J connectivity index is 1.62. The van der Waals surface area contributed by atoms with Gasteiger partial charge in [0.25, 0.3) is 0 Å². The maximum Gasteiger partial charge on any atom is 0.0631 e. The number of hydrogen-bond acceptors (Lipinski definition) is 3. The fourth-order valence-electron chi connectivity index (χ4n) is 3.70. The molecule has 2 aliphatic heterocycles. The van der Waals surface area contributed by atoms with Crippen LogP contribution in [0.1, 0.15) is 59.3 Å². The molecule has 3 aliphatic rings. The molecule has 3 unspecified atom stereocenters. The summed E-state index contributed by atoms with van der Waals surface area (Å²) in [6, 6.07) is 0.783. The minimum Gasteiger partial charge on any atom is -0.378 e. The minimum atomic E-state index is 0.0818. The van der Waals surface area contributed by atoms with E-state index >= 15 is 0 Å². The lowest BCUT2D eigenvalue weighted by Crippen LogP contribution is -2.43. The predicted octanol–water partition coefficient (Wildman–Crippen LogP) is 2.88. The normalized spacial score (nSPS) is 41.8. The highest BCUT2D eigenvalue weighted by molar-refractivity contribution is 4.97. The van der Waals surface area contributed by atoms with Crippen molar-refractivity contribution < 1.29 is 9.47 Å². The maximum atomic E-state index is 6.22. The summed E-state index contributed by atoms with van der Waals surface area (Å²) in [6.07, 6.45) is 8.28. The molecule has 2 heterocycles. The van der Waals surface area contributed by atoms with Gasteiger partial charge in [-0.25, -0.2) is 0 Å². The van der Waals surface area contributed by atoms with Crippen LogP contribution in [0.5, 0.6) is 0 Å². The molecule has 0 aromatic carbocycles. The van der Waals surface area contributed by atoms with E-state index in [0.29, 0.717) is 17.6 Å². The topological polar surface area (TPSA) is 30.5 Å². The summed E-state index contributed by atoms with van der Waals surface area (Å²) in [5, 5.41) is 3.73. The average Bonchev–Trinajstić information content (AvgIpc) is 3.03. The van der Waals surface area contributed by atoms with E-state index in [1.807, 2.05) is 0 Å². The molecule has 0 bridgehead atoms. The first kappa shape index (κ1) is 13.8. The third-order valence-corrected chi connectivity index (χ3v) is 5.34. The Hall–Kier alpha value is -0.120. The molecule has 3 heteroatoms. The highest BCUT2D eigenvalue weighted by atomic mass is 16.5. The number of ether oxygens (including phenoxy) is 2. The van der Waals surface area contributed by atoms with Gasteiger partial charge >= 0.3 is 0 Å². The monoisotopic (exact) mass is 267 g/mol. The van der Waals surface area contributed by atoms with E-state index in [2.05, 4.69) is 26.1 Å². The smallest absolute Gasteiger partial charge is 0.0631 e. The predicted molar refractivity (Wildman–Crippen MR) is 76.3 cm³/mol. The SMILES string of the molecule is CC1OCCC1(CNC1CC1)CC1CCC(C)(C)O1. The van der Waals surface area contributed by atoms with Gasteiger partial charge < -0.3 is 14.8 Å². The second-order valence-electron chi connectivity index (χ2n) is 7.52. The van der Waals surface area contributed by atoms with E-state index in [1.54, 1.807) is 0 Å². The van der Waals surface area contributed by atoms with Crippen LogP contribution in [0.3, 0.4) is 0 Å². The lowest BCUT2D eigenvalue weighted by molar-refractivity contribution is -0.0464. The second-order valence-corrected chi connectivity index (χ2v) is 7.52. The molecule has 0 aromatic heterocycles. The van der Waals surface area contributed by atoms with Crippen LogP contribution in [0, 0.1) is 5.41 Å². The maximum absolute atomic E-state index is 6.22. The first-order valence-electron chi connectivity index (χ1n) is 8.02. The van der Waals surface area contributed by atoms with Gasteiger partial charge in [-0.3, -0.25) is 0 Å². The van der Waals surface area contributed by atoms with Crippen LogP contribution in [0.2, 0.25) is 0 Å². The van der Waals surface area contributed by atoms with Crippen molar-refractivity contribution in [2.24, 2.45) is 5.41 Å². The molecule has 3 fully saturated rings. The Labute approximate surface area is 117 Å². The van der Waals surface area contributed by atoms with E-state index in [1.165, 1.54) is 32.1 Å². The van der Waals surface area contributed by atoms with E-state index in [0.717, 1.165) is 25.6 Å². The average molecular weight is 267 g/mol. The summed E-state index contributed by atoms with van der Waals surface area (Å²) >= 11 is 0. The summed E-state index contributed by atoms with van der Waals surface area (Å²) in [5.74, 6) is 0. The van der Waals surface area contributed by atoms with E-state index in [9.17, 15) is 0 Å². The first-order valence-corrected chi connectivity index (χ1v) is 8.02. The summed E-state index contributed by atoms with van der Waals surface area (Å²) in [4.78, 5) is 0. The summed E-state index contributed by atoms with van der Waals surface area (Å²) in [7, 11) is 0. The quantitative estimate of drug-likeness (QED) is 0.831. The van der Waals surface area contributed by atoms with Gasteiger partial charge in [-0.15, -0.1) is 0 Å². The molecule has 3 atom stereocenters. The fourth-order valence-corrected chi connectivity index (χ4v) is 3.70. The highest BCUT2D eigenvalue weighted by Crippen LogP contribution is 2.43. The van der Waals surface area contributed by atoms with Crippen molar-refractivity contribution in [1.29, 1.82) is 0 Å². The van der Waals surface area contributed by atoms with Crippen LogP contribution in [0.25, 0.3) is 0 Å². The van der Waals surface area contributed by atoms with Crippen molar-refractivity contribution in [3.63, 3.8) is 0 Å². The Morgan fingerprint density at radius 3 is 2.47 bits per heavy atom.